The first-order valence-electron chi connectivity index (χ1n) is 11.3. The van der Waals surface area contributed by atoms with E-state index in [4.69, 9.17) is 51.1 Å². The molecule has 39 heavy (non-hydrogen) atoms. The molecule has 1 aliphatic heterocycles. The molecule has 5 atom stereocenters. The Kier molecular flexibility index (Phi) is 7.83. The Balaban J connectivity index is 1.56. The number of nitrogens with zero attached hydrogens (tertiary/aromatic N) is 6. The van der Waals surface area contributed by atoms with E-state index >= 15 is 0 Å². The van der Waals surface area contributed by atoms with Crippen molar-refractivity contribution in [1.82, 2.24) is 29.8 Å². The second-order valence-electron chi connectivity index (χ2n) is 8.73. The second kappa shape index (κ2) is 10.9. The van der Waals surface area contributed by atoms with Crippen LogP contribution in [0.2, 0.25) is 20.1 Å². The third-order valence-electron chi connectivity index (χ3n) is 6.20. The minimum atomic E-state index is -1.53. The van der Waals surface area contributed by atoms with Crippen molar-refractivity contribution >= 4 is 46.4 Å². The Labute approximate surface area is 239 Å². The molecular formula is C23H18Cl4F2N6O4. The number of ether oxygens (including phenoxy) is 1. The summed E-state index contributed by atoms with van der Waals surface area (Å²) in [6, 6.07) is 3.59. The molecule has 1 fully saturated rings. The first-order valence-corrected chi connectivity index (χ1v) is 12.8. The maximum absolute atomic E-state index is 14.0. The molecule has 1 saturated heterocycles. The highest BCUT2D eigenvalue weighted by Crippen LogP contribution is 2.40. The van der Waals surface area contributed by atoms with Crippen molar-refractivity contribution in [3.63, 3.8) is 0 Å². The molecule has 3 heterocycles. The van der Waals surface area contributed by atoms with Gasteiger partial charge < -0.3 is 20.1 Å². The van der Waals surface area contributed by atoms with Gasteiger partial charge in [0.25, 0.3) is 0 Å². The molecular weight excluding hydrogens is 604 g/mol. The summed E-state index contributed by atoms with van der Waals surface area (Å²) >= 11 is 24.2. The molecule has 2 aromatic carbocycles. The fourth-order valence-electron chi connectivity index (χ4n) is 4.35. The van der Waals surface area contributed by atoms with E-state index in [9.17, 15) is 24.1 Å². The van der Waals surface area contributed by atoms with Crippen LogP contribution in [0.25, 0.3) is 16.9 Å². The third-order valence-corrected chi connectivity index (χ3v) is 7.58. The molecule has 206 valence electrons. The first-order chi connectivity index (χ1) is 18.5. The number of benzene rings is 2. The summed E-state index contributed by atoms with van der Waals surface area (Å²) in [5, 5.41) is 44.5. The largest absolute Gasteiger partial charge is 0.394 e. The Bertz CT molecular complexity index is 1530. The van der Waals surface area contributed by atoms with Crippen molar-refractivity contribution < 1.29 is 28.8 Å². The highest BCUT2D eigenvalue weighted by atomic mass is 35.5. The third kappa shape index (κ3) is 5.11. The van der Waals surface area contributed by atoms with Crippen molar-refractivity contribution in [3.05, 3.63) is 73.8 Å². The molecule has 2 aromatic heterocycles. The Morgan fingerprint density at radius 2 is 1.64 bits per heavy atom. The van der Waals surface area contributed by atoms with Crippen LogP contribution in [0.1, 0.15) is 23.8 Å². The van der Waals surface area contributed by atoms with Gasteiger partial charge in [-0.2, -0.15) is 5.10 Å². The molecule has 0 amide bonds. The number of aliphatic hydroxyl groups is 3. The number of halogens is 6. The zero-order chi connectivity index (χ0) is 28.2. The number of hydrogen-bond acceptors (Lipinski definition) is 8. The highest BCUT2D eigenvalue weighted by Gasteiger charge is 2.48. The average molecular weight is 622 g/mol. The summed E-state index contributed by atoms with van der Waals surface area (Å²) < 4.78 is 36.3. The second-order valence-corrected chi connectivity index (χ2v) is 10.3. The van der Waals surface area contributed by atoms with Crippen LogP contribution in [0, 0.1) is 18.6 Å². The van der Waals surface area contributed by atoms with Crippen LogP contribution < -0.4 is 0 Å². The Morgan fingerprint density at radius 3 is 2.31 bits per heavy atom. The molecule has 5 rings (SSSR count). The molecule has 0 unspecified atom stereocenters. The van der Waals surface area contributed by atoms with Gasteiger partial charge in [-0.05, 0) is 31.2 Å². The summed E-state index contributed by atoms with van der Waals surface area (Å²) in [5.41, 5.74) is 0.348. The lowest BCUT2D eigenvalue weighted by molar-refractivity contribution is -0.210. The number of aryl methyl sites for hydroxylation is 1. The Morgan fingerprint density at radius 1 is 0.974 bits per heavy atom. The smallest absolute Gasteiger partial charge is 0.164 e. The van der Waals surface area contributed by atoms with Crippen LogP contribution in [-0.4, -0.2) is 70.0 Å². The van der Waals surface area contributed by atoms with Crippen molar-refractivity contribution in [3.8, 4) is 16.9 Å². The van der Waals surface area contributed by atoms with E-state index in [1.54, 1.807) is 6.92 Å². The quantitative estimate of drug-likeness (QED) is 0.224. The van der Waals surface area contributed by atoms with Gasteiger partial charge in [0.1, 0.15) is 58.6 Å². The standard InChI is InChI=1S/C23H18Cl4F2N6O4/c1-8-30-23(35(32-8)16-5-11(25)10(24)4-12(16)26)22-21(38)19(20(37)17(7-36)39-22)34-6-15(31-33-34)9-2-13(28)18(27)14(29)3-9/h2-6,17,19-22,36-38H,7H2,1H3/t17-,19+,20+,21-,22-/m1/s1. The lowest BCUT2D eigenvalue weighted by Gasteiger charge is -2.41. The summed E-state index contributed by atoms with van der Waals surface area (Å²) in [4.78, 5) is 4.38. The molecule has 16 heteroatoms. The highest BCUT2D eigenvalue weighted by molar-refractivity contribution is 6.43. The summed E-state index contributed by atoms with van der Waals surface area (Å²) in [6.45, 7) is 0.973. The SMILES string of the molecule is Cc1nc([C@@H]2O[C@H](CO)[C@H](O)[C@H](n3cc(-c4cc(F)c(Cl)c(F)c4)nn3)[C@H]2O)n(-c2cc(Cl)c(Cl)cc2Cl)n1. The van der Waals surface area contributed by atoms with Gasteiger partial charge in [0.2, 0.25) is 0 Å². The topological polar surface area (TPSA) is 131 Å². The predicted octanol–water partition coefficient (Wildman–Crippen LogP) is 4.12. The van der Waals surface area contributed by atoms with E-state index < -0.39 is 53.7 Å². The summed E-state index contributed by atoms with van der Waals surface area (Å²) in [5.74, 6) is -1.62. The molecule has 1 aliphatic rings. The van der Waals surface area contributed by atoms with Gasteiger partial charge in [0.05, 0.1) is 33.6 Å². The van der Waals surface area contributed by atoms with Gasteiger partial charge in [-0.15, -0.1) is 5.10 Å². The van der Waals surface area contributed by atoms with Gasteiger partial charge in [-0.1, -0.05) is 51.6 Å². The van der Waals surface area contributed by atoms with Crippen LogP contribution in [0.15, 0.2) is 30.5 Å². The molecule has 3 N–H and O–H groups in total. The normalized spacial score (nSPS) is 23.4. The molecule has 0 aliphatic carbocycles. The van der Waals surface area contributed by atoms with Crippen molar-refractivity contribution in [2.75, 3.05) is 6.61 Å². The molecule has 0 bridgehead atoms. The minimum Gasteiger partial charge on any atom is -0.394 e. The van der Waals surface area contributed by atoms with E-state index in [-0.39, 0.29) is 37.8 Å². The first kappa shape index (κ1) is 28.1. The fraction of sp³-hybridized carbons (Fsp3) is 0.304. The van der Waals surface area contributed by atoms with Crippen molar-refractivity contribution in [1.29, 1.82) is 0 Å². The number of rotatable bonds is 5. The van der Waals surface area contributed by atoms with Gasteiger partial charge in [0, 0.05) is 5.56 Å². The molecule has 0 radical (unpaired) electrons. The van der Waals surface area contributed by atoms with Gasteiger partial charge >= 0.3 is 0 Å². The Hall–Kier alpha value is -2.42. The molecule has 4 aromatic rings. The van der Waals surface area contributed by atoms with Crippen LogP contribution in [-0.2, 0) is 4.74 Å². The van der Waals surface area contributed by atoms with Gasteiger partial charge in [-0.25, -0.2) is 23.1 Å². The fourth-order valence-corrected chi connectivity index (χ4v) is 5.08. The minimum absolute atomic E-state index is 0.0246. The van der Waals surface area contributed by atoms with Gasteiger partial charge in [-0.3, -0.25) is 0 Å². The lowest BCUT2D eigenvalue weighted by atomic mass is 9.92. The predicted molar refractivity (Wildman–Crippen MR) is 137 cm³/mol. The zero-order valence-electron chi connectivity index (χ0n) is 19.7. The molecule has 10 nitrogen and oxygen atoms in total. The number of hydrogen-bond donors (Lipinski definition) is 3. The molecule has 0 saturated carbocycles. The number of aromatic nitrogens is 6. The average Bonchev–Trinajstić information content (AvgIpc) is 3.52. The van der Waals surface area contributed by atoms with Crippen LogP contribution in [0.3, 0.4) is 0 Å². The van der Waals surface area contributed by atoms with E-state index in [1.807, 2.05) is 0 Å². The molecule has 0 spiro atoms. The van der Waals surface area contributed by atoms with Crippen LogP contribution in [0.4, 0.5) is 8.78 Å². The van der Waals surface area contributed by atoms with Gasteiger partial charge in [0.15, 0.2) is 5.82 Å². The van der Waals surface area contributed by atoms with E-state index in [2.05, 4.69) is 20.4 Å². The van der Waals surface area contributed by atoms with Crippen LogP contribution >= 0.6 is 46.4 Å². The van der Waals surface area contributed by atoms with Crippen molar-refractivity contribution in [2.45, 2.75) is 37.4 Å². The zero-order valence-corrected chi connectivity index (χ0v) is 22.7. The van der Waals surface area contributed by atoms with E-state index in [0.717, 1.165) is 16.8 Å². The maximum Gasteiger partial charge on any atom is 0.164 e. The number of aliphatic hydroxyl groups excluding tert-OH is 3. The van der Waals surface area contributed by atoms with Crippen LogP contribution in [0.5, 0.6) is 0 Å². The summed E-state index contributed by atoms with van der Waals surface area (Å²) in [6.07, 6.45) is -4.18. The maximum atomic E-state index is 14.0. The van der Waals surface area contributed by atoms with E-state index in [1.165, 1.54) is 23.0 Å². The monoisotopic (exact) mass is 620 g/mol. The summed E-state index contributed by atoms with van der Waals surface area (Å²) in [7, 11) is 0. The lowest BCUT2D eigenvalue weighted by Crippen LogP contribution is -2.53. The van der Waals surface area contributed by atoms with Crippen molar-refractivity contribution in [2.24, 2.45) is 0 Å². The van der Waals surface area contributed by atoms with E-state index in [0.29, 0.717) is 5.82 Å².